The molecule has 2 aromatic carbocycles. The predicted octanol–water partition coefficient (Wildman–Crippen LogP) is 4.71. The minimum absolute atomic E-state index is 0.0572. The van der Waals surface area contributed by atoms with Crippen molar-refractivity contribution in [3.63, 3.8) is 0 Å². The van der Waals surface area contributed by atoms with Gasteiger partial charge in [-0.1, -0.05) is 15.9 Å². The largest absolute Gasteiger partial charge is 0.455 e. The quantitative estimate of drug-likeness (QED) is 0.792. The summed E-state index contributed by atoms with van der Waals surface area (Å²) in [5.41, 5.74) is 5.14. The maximum absolute atomic E-state index is 13.0. The molecule has 0 aromatic heterocycles. The van der Waals surface area contributed by atoms with Crippen LogP contribution in [0.3, 0.4) is 0 Å². The number of hydrogen-bond donors (Lipinski definition) is 1. The molecule has 21 heavy (non-hydrogen) atoms. The van der Waals surface area contributed by atoms with Gasteiger partial charge in [0.05, 0.1) is 22.9 Å². The third kappa shape index (κ3) is 3.47. The molecule has 0 unspecified atom stereocenters. The first-order chi connectivity index (χ1) is 9.81. The van der Waals surface area contributed by atoms with Gasteiger partial charge in [-0.15, -0.1) is 0 Å². The number of nitrogen functional groups attached to an aromatic ring is 1. The van der Waals surface area contributed by atoms with E-state index in [1.165, 1.54) is 30.3 Å². The average Bonchev–Trinajstić information content (AvgIpc) is 2.41. The Morgan fingerprint density at radius 3 is 2.33 bits per heavy atom. The van der Waals surface area contributed by atoms with Crippen LogP contribution in [0.1, 0.15) is 11.1 Å². The number of anilines is 1. The Bertz CT molecular complexity index is 723. The lowest BCUT2D eigenvalue weighted by molar-refractivity contribution is -0.138. The second kappa shape index (κ2) is 5.66. The summed E-state index contributed by atoms with van der Waals surface area (Å²) in [5, 5.41) is 8.72. The van der Waals surface area contributed by atoms with E-state index in [1.54, 1.807) is 0 Å². The summed E-state index contributed by atoms with van der Waals surface area (Å²) in [6, 6.07) is 9.55. The van der Waals surface area contributed by atoms with Crippen molar-refractivity contribution in [2.75, 3.05) is 5.73 Å². The number of nitrogens with two attached hydrogens (primary N) is 1. The van der Waals surface area contributed by atoms with Gasteiger partial charge in [0.1, 0.15) is 11.5 Å². The number of rotatable bonds is 2. The molecule has 7 heteroatoms. The van der Waals surface area contributed by atoms with Gasteiger partial charge in [-0.05, 0) is 36.4 Å². The van der Waals surface area contributed by atoms with Crippen molar-refractivity contribution < 1.29 is 17.9 Å². The molecule has 0 radical (unpaired) electrons. The van der Waals surface area contributed by atoms with Gasteiger partial charge in [0.2, 0.25) is 0 Å². The van der Waals surface area contributed by atoms with Crippen molar-refractivity contribution in [2.45, 2.75) is 6.18 Å². The summed E-state index contributed by atoms with van der Waals surface area (Å²) in [5.74, 6) is -0.302. The fourth-order valence-corrected chi connectivity index (χ4v) is 2.00. The summed E-state index contributed by atoms with van der Waals surface area (Å²) in [6.45, 7) is 0. The summed E-state index contributed by atoms with van der Waals surface area (Å²) in [4.78, 5) is 0. The van der Waals surface area contributed by atoms with Crippen molar-refractivity contribution in [2.24, 2.45) is 0 Å². The van der Waals surface area contributed by atoms with E-state index in [9.17, 15) is 13.2 Å². The first-order valence-corrected chi connectivity index (χ1v) is 6.45. The topological polar surface area (TPSA) is 59.0 Å². The highest BCUT2D eigenvalue weighted by Crippen LogP contribution is 2.40. The maximum Gasteiger partial charge on any atom is 0.420 e. The highest BCUT2D eigenvalue weighted by Gasteiger charge is 2.34. The number of alkyl halides is 3. The maximum atomic E-state index is 13.0. The lowest BCUT2D eigenvalue weighted by Crippen LogP contribution is -2.07. The zero-order valence-electron chi connectivity index (χ0n) is 10.4. The van der Waals surface area contributed by atoms with E-state index in [0.717, 1.165) is 6.07 Å². The van der Waals surface area contributed by atoms with Crippen LogP contribution < -0.4 is 10.5 Å². The lowest BCUT2D eigenvalue weighted by atomic mass is 10.2. The van der Waals surface area contributed by atoms with E-state index in [4.69, 9.17) is 15.7 Å². The zero-order valence-corrected chi connectivity index (χ0v) is 12.0. The van der Waals surface area contributed by atoms with E-state index in [1.807, 2.05) is 6.07 Å². The number of halogens is 4. The first kappa shape index (κ1) is 15.2. The molecule has 0 saturated carbocycles. The smallest absolute Gasteiger partial charge is 0.420 e. The van der Waals surface area contributed by atoms with Crippen LogP contribution in [0.25, 0.3) is 0 Å². The highest BCUT2D eigenvalue weighted by atomic mass is 79.9. The number of benzene rings is 2. The Labute approximate surface area is 126 Å². The molecule has 0 atom stereocenters. The average molecular weight is 357 g/mol. The molecule has 0 aliphatic heterocycles. The van der Waals surface area contributed by atoms with Crippen LogP contribution in [-0.4, -0.2) is 0 Å². The molecular weight excluding hydrogens is 349 g/mol. The van der Waals surface area contributed by atoms with Gasteiger partial charge in [-0.25, -0.2) is 0 Å². The summed E-state index contributed by atoms with van der Waals surface area (Å²) >= 11 is 2.99. The van der Waals surface area contributed by atoms with Gasteiger partial charge in [0.25, 0.3) is 0 Å². The Kier molecular flexibility index (Phi) is 4.09. The number of nitriles is 1. The van der Waals surface area contributed by atoms with Gasteiger partial charge in [0, 0.05) is 4.47 Å². The number of ether oxygens (including phenoxy) is 1. The van der Waals surface area contributed by atoms with Gasteiger partial charge in [-0.2, -0.15) is 18.4 Å². The molecule has 0 saturated heterocycles. The molecule has 0 amide bonds. The summed E-state index contributed by atoms with van der Waals surface area (Å²) < 4.78 is 44.5. The Hall–Kier alpha value is -2.20. The molecule has 108 valence electrons. The molecule has 2 aromatic rings. The standard InChI is InChI=1S/C14H8BrF3N2O/c15-9-2-4-12(10(6-9)14(16,17)18)21-13-3-1-8(7-19)5-11(13)20/h1-6H,20H2. The second-order valence-corrected chi connectivity index (χ2v) is 5.02. The van der Waals surface area contributed by atoms with E-state index in [-0.39, 0.29) is 21.7 Å². The van der Waals surface area contributed by atoms with Crippen molar-refractivity contribution in [3.05, 3.63) is 52.0 Å². The molecular formula is C14H8BrF3N2O. The number of hydrogen-bond acceptors (Lipinski definition) is 3. The Balaban J connectivity index is 2.43. The van der Waals surface area contributed by atoms with Crippen LogP contribution in [0.15, 0.2) is 40.9 Å². The monoisotopic (exact) mass is 356 g/mol. The Morgan fingerprint density at radius 2 is 1.76 bits per heavy atom. The molecule has 0 heterocycles. The van der Waals surface area contributed by atoms with Crippen molar-refractivity contribution in [1.82, 2.24) is 0 Å². The van der Waals surface area contributed by atoms with Crippen LogP contribution in [0.4, 0.5) is 18.9 Å². The van der Waals surface area contributed by atoms with E-state index in [2.05, 4.69) is 15.9 Å². The van der Waals surface area contributed by atoms with Crippen LogP contribution in [0.5, 0.6) is 11.5 Å². The van der Waals surface area contributed by atoms with Gasteiger partial charge in [0.15, 0.2) is 0 Å². The van der Waals surface area contributed by atoms with Crippen molar-refractivity contribution in [1.29, 1.82) is 5.26 Å². The zero-order chi connectivity index (χ0) is 15.6. The van der Waals surface area contributed by atoms with E-state index >= 15 is 0 Å². The fourth-order valence-electron chi connectivity index (χ4n) is 1.64. The van der Waals surface area contributed by atoms with Crippen LogP contribution in [0, 0.1) is 11.3 Å². The van der Waals surface area contributed by atoms with Crippen LogP contribution in [-0.2, 0) is 6.18 Å². The lowest BCUT2D eigenvalue weighted by Gasteiger charge is -2.15. The molecule has 2 N–H and O–H groups in total. The van der Waals surface area contributed by atoms with Crippen LogP contribution >= 0.6 is 15.9 Å². The molecule has 0 spiro atoms. The molecule has 3 nitrogen and oxygen atoms in total. The minimum Gasteiger partial charge on any atom is -0.455 e. The fraction of sp³-hybridized carbons (Fsp3) is 0.0714. The minimum atomic E-state index is -4.56. The predicted molar refractivity (Wildman–Crippen MR) is 74.8 cm³/mol. The van der Waals surface area contributed by atoms with Gasteiger partial charge < -0.3 is 10.5 Å². The number of nitrogens with zero attached hydrogens (tertiary/aromatic N) is 1. The van der Waals surface area contributed by atoms with E-state index < -0.39 is 11.7 Å². The third-order valence-corrected chi connectivity index (χ3v) is 3.10. The molecule has 0 bridgehead atoms. The van der Waals surface area contributed by atoms with Gasteiger partial charge >= 0.3 is 6.18 Å². The molecule has 2 rings (SSSR count). The van der Waals surface area contributed by atoms with Gasteiger partial charge in [-0.3, -0.25) is 0 Å². The van der Waals surface area contributed by atoms with Crippen molar-refractivity contribution >= 4 is 21.6 Å². The normalized spacial score (nSPS) is 11.0. The Morgan fingerprint density at radius 1 is 1.10 bits per heavy atom. The summed E-state index contributed by atoms with van der Waals surface area (Å²) in [6.07, 6.45) is -4.56. The SMILES string of the molecule is N#Cc1ccc(Oc2ccc(Br)cc2C(F)(F)F)c(N)c1. The molecule has 0 aliphatic carbocycles. The second-order valence-electron chi connectivity index (χ2n) is 4.10. The highest BCUT2D eigenvalue weighted by molar-refractivity contribution is 9.10. The molecule has 0 fully saturated rings. The molecule has 0 aliphatic rings. The summed E-state index contributed by atoms with van der Waals surface area (Å²) in [7, 11) is 0. The van der Waals surface area contributed by atoms with Crippen molar-refractivity contribution in [3.8, 4) is 17.6 Å². The van der Waals surface area contributed by atoms with E-state index in [0.29, 0.717) is 5.56 Å². The van der Waals surface area contributed by atoms with Crippen LogP contribution in [0.2, 0.25) is 0 Å². The third-order valence-electron chi connectivity index (χ3n) is 2.61. The first-order valence-electron chi connectivity index (χ1n) is 5.65.